The molecule has 0 aliphatic heterocycles. The van der Waals surface area contributed by atoms with Gasteiger partial charge in [-0.3, -0.25) is 19.8 Å². The van der Waals surface area contributed by atoms with Crippen molar-refractivity contribution < 1.29 is 0 Å². The normalized spacial score (nSPS) is 10.8. The van der Waals surface area contributed by atoms with Gasteiger partial charge in [0.15, 0.2) is 0 Å². The highest BCUT2D eigenvalue weighted by molar-refractivity contribution is 5.90. The second kappa shape index (κ2) is 4.56. The summed E-state index contributed by atoms with van der Waals surface area (Å²) < 4.78 is 0. The molecule has 0 spiro atoms. The van der Waals surface area contributed by atoms with Crippen LogP contribution in [0.4, 0.5) is 11.4 Å². The number of nitrogen functional groups attached to an aromatic ring is 1. The summed E-state index contributed by atoms with van der Waals surface area (Å²) >= 11 is 0. The highest BCUT2D eigenvalue weighted by Gasteiger charge is 2.11. The topological polar surface area (TPSA) is 95.0 Å². The Kier molecular flexibility index (Phi) is 3.10. The molecule has 0 fully saturated rings. The molecule has 1 heterocycles. The zero-order chi connectivity index (χ0) is 13.3. The fraction of sp³-hybridized carbons (Fsp3) is 0.333. The molecule has 0 saturated carbocycles. The van der Waals surface area contributed by atoms with Crippen LogP contribution in [0.2, 0.25) is 0 Å². The Balaban J connectivity index is 2.80. The minimum Gasteiger partial charge on any atom is -0.397 e. The lowest BCUT2D eigenvalue weighted by atomic mass is 10.1. The van der Waals surface area contributed by atoms with Gasteiger partial charge in [-0.2, -0.15) is 0 Å². The summed E-state index contributed by atoms with van der Waals surface area (Å²) in [5, 5.41) is 5.26. The van der Waals surface area contributed by atoms with Crippen LogP contribution in [0.1, 0.15) is 13.8 Å². The Morgan fingerprint density at radius 1 is 1.06 bits per heavy atom. The number of H-pyrrole nitrogens is 2. The third kappa shape index (κ3) is 1.85. The van der Waals surface area contributed by atoms with E-state index in [1.54, 1.807) is 12.1 Å². The molecule has 0 unspecified atom stereocenters. The molecular weight excluding hydrogens is 232 g/mol. The Bertz CT molecular complexity index is 683. The summed E-state index contributed by atoms with van der Waals surface area (Å²) in [4.78, 5) is 25.4. The summed E-state index contributed by atoms with van der Waals surface area (Å²) in [6.45, 7) is 5.59. The lowest BCUT2D eigenvalue weighted by molar-refractivity contribution is 0.868. The van der Waals surface area contributed by atoms with Crippen molar-refractivity contribution in [2.24, 2.45) is 0 Å². The highest BCUT2D eigenvalue weighted by Crippen LogP contribution is 2.26. The Labute approximate surface area is 103 Å². The standard InChI is InChI=1S/C12H16N4O2/c1-3-16(4-2)10-6-8-7(5-9(10)13)11(17)14-15-12(8)18/h5-6H,3-4,13H2,1-2H3,(H,14,17)(H,15,18). The first-order valence-electron chi connectivity index (χ1n) is 5.87. The van der Waals surface area contributed by atoms with Crippen molar-refractivity contribution >= 4 is 22.1 Å². The molecule has 2 aromatic rings. The maximum absolute atomic E-state index is 11.7. The van der Waals surface area contributed by atoms with Gasteiger partial charge in [-0.25, -0.2) is 0 Å². The van der Waals surface area contributed by atoms with Gasteiger partial charge in [-0.15, -0.1) is 0 Å². The number of hydrogen-bond donors (Lipinski definition) is 3. The SMILES string of the molecule is CCN(CC)c1cc2c(=O)[nH][nH]c(=O)c2cc1N. The maximum atomic E-state index is 11.7. The lowest BCUT2D eigenvalue weighted by Crippen LogP contribution is -2.24. The van der Waals surface area contributed by atoms with Crippen molar-refractivity contribution in [3.8, 4) is 0 Å². The molecule has 1 aromatic heterocycles. The number of rotatable bonds is 3. The summed E-state index contributed by atoms with van der Waals surface area (Å²) in [6.07, 6.45) is 0. The molecule has 1 aromatic carbocycles. The maximum Gasteiger partial charge on any atom is 0.270 e. The van der Waals surface area contributed by atoms with Crippen molar-refractivity contribution in [2.75, 3.05) is 23.7 Å². The molecule has 6 nitrogen and oxygen atoms in total. The van der Waals surface area contributed by atoms with E-state index in [-0.39, 0.29) is 11.1 Å². The predicted molar refractivity (Wildman–Crippen MR) is 73.2 cm³/mol. The molecule has 0 aliphatic carbocycles. The van der Waals surface area contributed by atoms with Crippen molar-refractivity contribution in [1.29, 1.82) is 0 Å². The first-order valence-corrected chi connectivity index (χ1v) is 5.87. The van der Waals surface area contributed by atoms with E-state index in [9.17, 15) is 9.59 Å². The van der Waals surface area contributed by atoms with Crippen molar-refractivity contribution in [1.82, 2.24) is 10.2 Å². The number of nitrogens with one attached hydrogen (secondary N) is 2. The van der Waals surface area contributed by atoms with E-state index in [1.165, 1.54) is 0 Å². The van der Waals surface area contributed by atoms with Crippen LogP contribution in [0.15, 0.2) is 21.7 Å². The average Bonchev–Trinajstić information content (AvgIpc) is 2.37. The predicted octanol–water partition coefficient (Wildman–Crippen LogP) is 0.645. The summed E-state index contributed by atoms with van der Waals surface area (Å²) in [7, 11) is 0. The average molecular weight is 248 g/mol. The smallest absolute Gasteiger partial charge is 0.270 e. The first kappa shape index (κ1) is 12.2. The van der Waals surface area contributed by atoms with Gasteiger partial charge in [0, 0.05) is 13.1 Å². The molecule has 0 saturated heterocycles. The van der Waals surface area contributed by atoms with E-state index in [4.69, 9.17) is 5.73 Å². The lowest BCUT2D eigenvalue weighted by Gasteiger charge is -2.23. The Morgan fingerprint density at radius 2 is 1.56 bits per heavy atom. The van der Waals surface area contributed by atoms with Gasteiger partial charge in [-0.1, -0.05) is 0 Å². The van der Waals surface area contributed by atoms with Gasteiger partial charge in [0.25, 0.3) is 11.1 Å². The van der Waals surface area contributed by atoms with Crippen LogP contribution < -0.4 is 21.8 Å². The number of nitrogens with zero attached hydrogens (tertiary/aromatic N) is 1. The second-order valence-corrected chi connectivity index (χ2v) is 4.04. The van der Waals surface area contributed by atoms with Gasteiger partial charge in [-0.05, 0) is 26.0 Å². The number of aromatic amines is 2. The molecule has 18 heavy (non-hydrogen) atoms. The van der Waals surface area contributed by atoms with E-state index in [0.717, 1.165) is 18.8 Å². The van der Waals surface area contributed by atoms with Gasteiger partial charge >= 0.3 is 0 Å². The summed E-state index contributed by atoms with van der Waals surface area (Å²) in [6, 6.07) is 3.22. The second-order valence-electron chi connectivity index (χ2n) is 4.04. The van der Waals surface area contributed by atoms with Crippen molar-refractivity contribution in [3.05, 3.63) is 32.8 Å². The molecule has 0 amide bonds. The molecule has 0 aliphatic rings. The molecule has 0 radical (unpaired) electrons. The Morgan fingerprint density at radius 3 is 2.06 bits per heavy atom. The minimum atomic E-state index is -0.345. The fourth-order valence-electron chi connectivity index (χ4n) is 2.07. The molecule has 96 valence electrons. The monoisotopic (exact) mass is 248 g/mol. The number of anilines is 2. The third-order valence-corrected chi connectivity index (χ3v) is 3.05. The number of hydrogen-bond acceptors (Lipinski definition) is 4. The van der Waals surface area contributed by atoms with E-state index < -0.39 is 0 Å². The van der Waals surface area contributed by atoms with Crippen LogP contribution >= 0.6 is 0 Å². The number of aromatic nitrogens is 2. The third-order valence-electron chi connectivity index (χ3n) is 3.05. The van der Waals surface area contributed by atoms with Gasteiger partial charge in [0.2, 0.25) is 0 Å². The highest BCUT2D eigenvalue weighted by atomic mass is 16.1. The zero-order valence-electron chi connectivity index (χ0n) is 10.4. The number of nitrogens with two attached hydrogens (primary N) is 1. The first-order chi connectivity index (χ1) is 8.58. The van der Waals surface area contributed by atoms with Crippen LogP contribution in [-0.4, -0.2) is 23.3 Å². The largest absolute Gasteiger partial charge is 0.397 e. The summed E-state index contributed by atoms with van der Waals surface area (Å²) in [5.41, 5.74) is 6.57. The van der Waals surface area contributed by atoms with Crippen LogP contribution in [-0.2, 0) is 0 Å². The molecule has 2 rings (SSSR count). The minimum absolute atomic E-state index is 0.312. The van der Waals surface area contributed by atoms with Crippen molar-refractivity contribution in [2.45, 2.75) is 13.8 Å². The van der Waals surface area contributed by atoms with Crippen molar-refractivity contribution in [3.63, 3.8) is 0 Å². The van der Waals surface area contributed by atoms with Crippen LogP contribution in [0, 0.1) is 0 Å². The number of benzene rings is 1. The molecule has 0 bridgehead atoms. The molecular formula is C12H16N4O2. The molecule has 4 N–H and O–H groups in total. The molecule has 0 atom stereocenters. The van der Waals surface area contributed by atoms with E-state index in [0.29, 0.717) is 16.5 Å². The van der Waals surface area contributed by atoms with E-state index in [1.807, 2.05) is 18.7 Å². The van der Waals surface area contributed by atoms with Crippen LogP contribution in [0.25, 0.3) is 10.8 Å². The number of fused-ring (bicyclic) bond motifs is 1. The van der Waals surface area contributed by atoms with Gasteiger partial charge in [0.1, 0.15) is 0 Å². The van der Waals surface area contributed by atoms with E-state index in [2.05, 4.69) is 10.2 Å². The summed E-state index contributed by atoms with van der Waals surface area (Å²) in [5.74, 6) is 0. The van der Waals surface area contributed by atoms with Gasteiger partial charge in [0.05, 0.1) is 22.1 Å². The van der Waals surface area contributed by atoms with Crippen LogP contribution in [0.3, 0.4) is 0 Å². The van der Waals surface area contributed by atoms with Gasteiger partial charge < -0.3 is 10.6 Å². The van der Waals surface area contributed by atoms with E-state index >= 15 is 0 Å². The van der Waals surface area contributed by atoms with Crippen LogP contribution in [0.5, 0.6) is 0 Å². The zero-order valence-corrected chi connectivity index (χ0v) is 10.4. The fourth-order valence-corrected chi connectivity index (χ4v) is 2.07. The Hall–Kier alpha value is -2.24. The molecule has 6 heteroatoms. The quantitative estimate of drug-likeness (QED) is 0.695.